The van der Waals surface area contributed by atoms with E-state index in [2.05, 4.69) is 15.2 Å². The molecule has 28 heavy (non-hydrogen) atoms. The molecule has 1 N–H and O–H groups in total. The van der Waals surface area contributed by atoms with Crippen LogP contribution in [-0.2, 0) is 14.3 Å². The van der Waals surface area contributed by atoms with Gasteiger partial charge in [-0.15, -0.1) is 0 Å². The molecular weight excluding hydrogens is 358 g/mol. The fourth-order valence-electron chi connectivity index (χ4n) is 4.15. The third-order valence-electron chi connectivity index (χ3n) is 6.02. The second-order valence-electron chi connectivity index (χ2n) is 8.25. The van der Waals surface area contributed by atoms with Crippen molar-refractivity contribution in [3.8, 4) is 0 Å². The first-order valence-corrected chi connectivity index (χ1v) is 10.7. The molecule has 0 radical (unpaired) electrons. The van der Waals surface area contributed by atoms with Gasteiger partial charge in [-0.3, -0.25) is 9.59 Å². The maximum Gasteiger partial charge on any atom is 0.243 e. The summed E-state index contributed by atoms with van der Waals surface area (Å²) in [4.78, 5) is 35.1. The van der Waals surface area contributed by atoms with Crippen LogP contribution in [0.3, 0.4) is 0 Å². The van der Waals surface area contributed by atoms with Crippen molar-refractivity contribution in [3.63, 3.8) is 0 Å². The highest BCUT2D eigenvalue weighted by atomic mass is 16.5. The molecule has 3 aliphatic rings. The van der Waals surface area contributed by atoms with Crippen molar-refractivity contribution in [3.05, 3.63) is 0 Å². The van der Waals surface area contributed by atoms with Crippen molar-refractivity contribution in [1.29, 1.82) is 0 Å². The maximum absolute atomic E-state index is 12.8. The molecule has 0 aromatic carbocycles. The summed E-state index contributed by atoms with van der Waals surface area (Å²) < 4.78 is 5.35. The number of carbonyl (C=O) groups excluding carboxylic acids is 2. The lowest BCUT2D eigenvalue weighted by Gasteiger charge is -2.37. The van der Waals surface area contributed by atoms with E-state index in [4.69, 9.17) is 4.74 Å². The van der Waals surface area contributed by atoms with Crippen molar-refractivity contribution in [2.75, 3.05) is 60.0 Å². The number of likely N-dealkylation sites (N-methyl/N-ethyl adjacent to an activating group) is 1. The average molecular weight is 394 g/mol. The van der Waals surface area contributed by atoms with Crippen LogP contribution in [-0.4, -0.2) is 98.5 Å². The maximum atomic E-state index is 12.8. The van der Waals surface area contributed by atoms with E-state index in [0.717, 1.165) is 44.7 Å². The fraction of sp³-hybridized carbons (Fsp3) is 0.850. The largest absolute Gasteiger partial charge is 0.378 e. The van der Waals surface area contributed by atoms with Crippen molar-refractivity contribution < 1.29 is 14.3 Å². The number of ether oxygens (including phenoxy) is 1. The van der Waals surface area contributed by atoms with E-state index in [0.29, 0.717) is 32.3 Å². The Kier molecular flexibility index (Phi) is 7.53. The fourth-order valence-corrected chi connectivity index (χ4v) is 4.15. The second kappa shape index (κ2) is 10.1. The number of guanidine groups is 1. The number of likely N-dealkylation sites (tertiary alicyclic amines) is 1. The minimum absolute atomic E-state index is 0.00287. The van der Waals surface area contributed by atoms with Crippen LogP contribution in [0, 0.1) is 5.92 Å². The quantitative estimate of drug-likeness (QED) is 0.557. The molecule has 0 bridgehead atoms. The molecule has 1 saturated carbocycles. The third-order valence-corrected chi connectivity index (χ3v) is 6.02. The molecule has 1 aliphatic carbocycles. The van der Waals surface area contributed by atoms with Crippen LogP contribution in [0.5, 0.6) is 0 Å². The van der Waals surface area contributed by atoms with Crippen molar-refractivity contribution in [2.24, 2.45) is 10.9 Å². The molecule has 2 saturated heterocycles. The Morgan fingerprint density at radius 1 is 1.00 bits per heavy atom. The predicted molar refractivity (Wildman–Crippen MR) is 108 cm³/mol. The number of hydrogen-bond donors (Lipinski definition) is 1. The second-order valence-corrected chi connectivity index (χ2v) is 8.25. The van der Waals surface area contributed by atoms with Gasteiger partial charge in [0, 0.05) is 52.2 Å². The summed E-state index contributed by atoms with van der Waals surface area (Å²) >= 11 is 0. The van der Waals surface area contributed by atoms with Crippen LogP contribution in [0.2, 0.25) is 0 Å². The molecule has 158 valence electrons. The van der Waals surface area contributed by atoms with Crippen molar-refractivity contribution in [2.45, 2.75) is 44.6 Å². The van der Waals surface area contributed by atoms with Gasteiger partial charge in [0.2, 0.25) is 11.8 Å². The number of aliphatic imine (C=N–C) groups is 1. The van der Waals surface area contributed by atoms with Crippen LogP contribution in [0.25, 0.3) is 0 Å². The Balaban J connectivity index is 1.57. The highest BCUT2D eigenvalue weighted by molar-refractivity contribution is 5.85. The summed E-state index contributed by atoms with van der Waals surface area (Å²) in [5.74, 6) is 1.20. The minimum atomic E-state index is 0.00287. The van der Waals surface area contributed by atoms with E-state index < -0.39 is 0 Å². The number of morpholine rings is 1. The normalized spacial score (nSPS) is 22.4. The third kappa shape index (κ3) is 5.59. The number of rotatable bonds is 4. The van der Waals surface area contributed by atoms with E-state index >= 15 is 0 Å². The lowest BCUT2D eigenvalue weighted by Crippen LogP contribution is -2.51. The summed E-state index contributed by atoms with van der Waals surface area (Å²) in [6.45, 7) is 4.47. The molecule has 0 spiro atoms. The van der Waals surface area contributed by atoms with Gasteiger partial charge in [-0.25, -0.2) is 4.99 Å². The minimum Gasteiger partial charge on any atom is -0.378 e. The molecule has 3 rings (SSSR count). The number of piperidine rings is 1. The van der Waals surface area contributed by atoms with Crippen molar-refractivity contribution >= 4 is 17.8 Å². The first-order valence-electron chi connectivity index (χ1n) is 10.7. The smallest absolute Gasteiger partial charge is 0.243 e. The summed E-state index contributed by atoms with van der Waals surface area (Å²) in [6, 6.07) is 0.445. The Labute approximate surface area is 168 Å². The van der Waals surface area contributed by atoms with Crippen LogP contribution < -0.4 is 5.32 Å². The average Bonchev–Trinajstić information content (AvgIpc) is 3.24. The highest BCUT2D eigenvalue weighted by Crippen LogP contribution is 2.22. The first-order chi connectivity index (χ1) is 13.5. The lowest BCUT2D eigenvalue weighted by molar-refractivity contribution is -0.140. The molecule has 0 aromatic rings. The Morgan fingerprint density at radius 2 is 1.64 bits per heavy atom. The topological polar surface area (TPSA) is 77.5 Å². The van der Waals surface area contributed by atoms with Gasteiger partial charge in [-0.05, 0) is 25.7 Å². The van der Waals surface area contributed by atoms with Gasteiger partial charge in [-0.1, -0.05) is 12.8 Å². The van der Waals surface area contributed by atoms with Crippen LogP contribution in [0.15, 0.2) is 4.99 Å². The van der Waals surface area contributed by atoms with Gasteiger partial charge in [0.05, 0.1) is 13.2 Å². The molecule has 8 heteroatoms. The molecule has 2 heterocycles. The Hall–Kier alpha value is -1.83. The predicted octanol–water partition coefficient (Wildman–Crippen LogP) is 0.534. The zero-order valence-electron chi connectivity index (χ0n) is 17.4. The SMILES string of the molecule is CN(C)C(=O)CN=C(NC1CCCC1)N1CCC(C(=O)N2CCOCC2)CC1. The number of hydrogen-bond acceptors (Lipinski definition) is 4. The molecule has 8 nitrogen and oxygen atoms in total. The van der Waals surface area contributed by atoms with Crippen molar-refractivity contribution in [1.82, 2.24) is 20.0 Å². The van der Waals surface area contributed by atoms with Gasteiger partial charge in [0.1, 0.15) is 6.54 Å². The van der Waals surface area contributed by atoms with Gasteiger partial charge >= 0.3 is 0 Å². The van der Waals surface area contributed by atoms with E-state index in [1.165, 1.54) is 12.8 Å². The molecule has 3 fully saturated rings. The molecule has 0 atom stereocenters. The zero-order valence-corrected chi connectivity index (χ0v) is 17.4. The standard InChI is InChI=1S/C20H35N5O3/c1-23(2)18(26)15-21-20(22-17-5-3-4-6-17)25-9-7-16(8-10-25)19(27)24-11-13-28-14-12-24/h16-17H,3-15H2,1-2H3,(H,21,22). The summed E-state index contributed by atoms with van der Waals surface area (Å²) in [5.41, 5.74) is 0. The van der Waals surface area contributed by atoms with E-state index in [9.17, 15) is 9.59 Å². The summed E-state index contributed by atoms with van der Waals surface area (Å²) in [6.07, 6.45) is 6.49. The first kappa shape index (κ1) is 20.9. The Bertz CT molecular complexity index is 560. The van der Waals surface area contributed by atoms with E-state index in [1.54, 1.807) is 19.0 Å². The lowest BCUT2D eigenvalue weighted by atomic mass is 9.95. The van der Waals surface area contributed by atoms with Gasteiger partial charge in [0.25, 0.3) is 0 Å². The van der Waals surface area contributed by atoms with Gasteiger partial charge in [0.15, 0.2) is 5.96 Å². The van der Waals surface area contributed by atoms with Crippen LogP contribution in [0.4, 0.5) is 0 Å². The van der Waals surface area contributed by atoms with Gasteiger partial charge in [-0.2, -0.15) is 0 Å². The van der Waals surface area contributed by atoms with E-state index in [-0.39, 0.29) is 24.3 Å². The highest BCUT2D eigenvalue weighted by Gasteiger charge is 2.31. The number of nitrogens with zero attached hydrogens (tertiary/aromatic N) is 4. The summed E-state index contributed by atoms with van der Waals surface area (Å²) in [7, 11) is 3.51. The molecule has 0 aromatic heterocycles. The molecule has 0 unspecified atom stereocenters. The number of amides is 2. The monoisotopic (exact) mass is 393 g/mol. The van der Waals surface area contributed by atoms with Crippen LogP contribution >= 0.6 is 0 Å². The summed E-state index contributed by atoms with van der Waals surface area (Å²) in [5, 5.41) is 3.58. The molecular formula is C20H35N5O3. The Morgan fingerprint density at radius 3 is 2.25 bits per heavy atom. The van der Waals surface area contributed by atoms with Crippen LogP contribution in [0.1, 0.15) is 38.5 Å². The molecule has 2 aliphatic heterocycles. The van der Waals surface area contributed by atoms with Gasteiger partial charge < -0.3 is 24.8 Å². The molecule has 2 amide bonds. The number of carbonyl (C=O) groups is 2. The zero-order chi connectivity index (χ0) is 19.9. The van der Waals surface area contributed by atoms with E-state index in [1.807, 2.05) is 4.90 Å². The number of nitrogens with one attached hydrogen (secondary N) is 1.